The number of ether oxygens (including phenoxy) is 1. The Morgan fingerprint density at radius 3 is 2.79 bits per heavy atom. The van der Waals surface area contributed by atoms with E-state index in [9.17, 15) is 14.7 Å². The topological polar surface area (TPSA) is 91.2 Å². The molecule has 1 aromatic carbocycles. The molecule has 7 nitrogen and oxygen atoms in total. The highest BCUT2D eigenvalue weighted by atomic mass is 16.5. The number of hydrogen-bond acceptors (Lipinski definition) is 6. The molecule has 2 N–H and O–H groups in total. The Labute approximate surface area is 164 Å². The fourth-order valence-electron chi connectivity index (χ4n) is 4.11. The Morgan fingerprint density at radius 1 is 1.32 bits per heavy atom. The number of fused-ring (bicyclic) bond motifs is 1. The molecule has 28 heavy (non-hydrogen) atoms. The van der Waals surface area contributed by atoms with Gasteiger partial charge in [-0.1, -0.05) is 23.8 Å². The van der Waals surface area contributed by atoms with Gasteiger partial charge in [-0.15, -0.1) is 0 Å². The number of hydrogen-bond donors (Lipinski definition) is 2. The van der Waals surface area contributed by atoms with Gasteiger partial charge in [0.05, 0.1) is 18.2 Å². The van der Waals surface area contributed by atoms with Crippen LogP contribution in [0.2, 0.25) is 0 Å². The van der Waals surface area contributed by atoms with E-state index in [2.05, 4.69) is 17.6 Å². The molecule has 2 fully saturated rings. The second kappa shape index (κ2) is 7.05. The molecule has 3 aliphatic rings. The highest BCUT2D eigenvalue weighted by Crippen LogP contribution is 2.44. The van der Waals surface area contributed by atoms with E-state index < -0.39 is 18.1 Å². The summed E-state index contributed by atoms with van der Waals surface area (Å²) in [7, 11) is 0. The average Bonchev–Trinajstić information content (AvgIpc) is 3.33. The normalized spacial score (nSPS) is 28.3. The molecular formula is C21H25N3O4. The number of allylic oxidation sites excluding steroid dienone is 1. The quantitative estimate of drug-likeness (QED) is 0.757. The van der Waals surface area contributed by atoms with Gasteiger partial charge in [-0.3, -0.25) is 19.6 Å². The maximum atomic E-state index is 12.1. The molecule has 2 heterocycles. The minimum absolute atomic E-state index is 0.00278. The minimum Gasteiger partial charge on any atom is -0.481 e. The van der Waals surface area contributed by atoms with Crippen molar-refractivity contribution in [2.45, 2.75) is 33.4 Å². The molecule has 7 heteroatoms. The van der Waals surface area contributed by atoms with E-state index in [1.165, 1.54) is 5.56 Å². The fraction of sp³-hybridized carbons (Fsp3) is 0.476. The summed E-state index contributed by atoms with van der Waals surface area (Å²) in [6.07, 6.45) is 2.18. The molecule has 4 atom stereocenters. The largest absolute Gasteiger partial charge is 0.481 e. The Balaban J connectivity index is 1.71. The van der Waals surface area contributed by atoms with Gasteiger partial charge in [0.15, 0.2) is 0 Å². The number of carbonyl (C=O) groups excluding carboxylic acids is 1. The van der Waals surface area contributed by atoms with Crippen LogP contribution >= 0.6 is 0 Å². The van der Waals surface area contributed by atoms with Gasteiger partial charge in [-0.05, 0) is 38.8 Å². The zero-order chi connectivity index (χ0) is 20.0. The third-order valence-corrected chi connectivity index (χ3v) is 5.67. The Kier molecular flexibility index (Phi) is 4.71. The van der Waals surface area contributed by atoms with Gasteiger partial charge in [0.2, 0.25) is 0 Å². The van der Waals surface area contributed by atoms with Crippen molar-refractivity contribution in [2.75, 3.05) is 13.2 Å². The number of carbonyl (C=O) groups is 2. The van der Waals surface area contributed by atoms with Crippen LogP contribution in [0.5, 0.6) is 0 Å². The average molecular weight is 383 g/mol. The number of carboxylic acid groups (broad SMARTS) is 1. The Bertz CT molecular complexity index is 892. The van der Waals surface area contributed by atoms with Crippen LogP contribution in [-0.4, -0.2) is 47.1 Å². The number of aryl methyl sites for hydroxylation is 2. The van der Waals surface area contributed by atoms with E-state index in [1.54, 1.807) is 6.92 Å². The third kappa shape index (κ3) is 3.20. The molecule has 0 spiro atoms. The zero-order valence-corrected chi connectivity index (χ0v) is 16.3. The summed E-state index contributed by atoms with van der Waals surface area (Å²) in [5.74, 6) is -1.89. The van der Waals surface area contributed by atoms with Gasteiger partial charge in [0, 0.05) is 23.7 Å². The molecule has 0 bridgehead atoms. The fourth-order valence-corrected chi connectivity index (χ4v) is 4.11. The lowest BCUT2D eigenvalue weighted by Crippen LogP contribution is -2.40. The first-order valence-electron chi connectivity index (χ1n) is 9.70. The second-order valence-corrected chi connectivity index (χ2v) is 7.69. The number of benzene rings is 1. The summed E-state index contributed by atoms with van der Waals surface area (Å²) in [5, 5.41) is 11.5. The summed E-state index contributed by atoms with van der Waals surface area (Å²) >= 11 is 0. The predicted molar refractivity (Wildman–Crippen MR) is 104 cm³/mol. The number of esters is 1. The summed E-state index contributed by atoms with van der Waals surface area (Å²) in [5.41, 5.74) is 8.23. The first kappa shape index (κ1) is 18.7. The molecule has 0 radical (unpaired) electrons. The lowest BCUT2D eigenvalue weighted by Gasteiger charge is -2.32. The molecule has 1 aliphatic carbocycles. The van der Waals surface area contributed by atoms with Crippen molar-refractivity contribution in [2.24, 2.45) is 22.7 Å². The standard InChI is InChI=1S/C21H25N3O4/c1-4-28-21(27)15-8-14(15)17-9-18(13-6-5-11(2)7-12(13)3)24-19(23-17)16(10-22-24)20(25)26/h5-7,9,14-16,19,22H,4,8,10H2,1-3H3,(H,25,26). The SMILES string of the molecule is CCOC(=O)C1CC1C1=NC2C(C(=O)O)CNN2C(c2ccc(C)cc2C)=C1. The summed E-state index contributed by atoms with van der Waals surface area (Å²) < 4.78 is 5.15. The molecule has 0 aromatic heterocycles. The molecular weight excluding hydrogens is 358 g/mol. The lowest BCUT2D eigenvalue weighted by atomic mass is 9.98. The Hall–Kier alpha value is -2.67. The van der Waals surface area contributed by atoms with Crippen molar-refractivity contribution in [3.8, 4) is 0 Å². The molecule has 1 saturated heterocycles. The van der Waals surface area contributed by atoms with Crippen molar-refractivity contribution in [3.63, 3.8) is 0 Å². The van der Waals surface area contributed by atoms with Crippen LogP contribution in [0.1, 0.15) is 30.0 Å². The first-order valence-corrected chi connectivity index (χ1v) is 9.70. The maximum absolute atomic E-state index is 12.1. The number of aliphatic carboxylic acids is 1. The Morgan fingerprint density at radius 2 is 2.11 bits per heavy atom. The number of rotatable bonds is 5. The molecule has 4 rings (SSSR count). The maximum Gasteiger partial charge on any atom is 0.312 e. The van der Waals surface area contributed by atoms with E-state index in [-0.39, 0.29) is 17.8 Å². The van der Waals surface area contributed by atoms with Crippen LogP contribution in [-0.2, 0) is 14.3 Å². The minimum atomic E-state index is -0.872. The van der Waals surface area contributed by atoms with Gasteiger partial charge in [0.1, 0.15) is 12.1 Å². The van der Waals surface area contributed by atoms with E-state index >= 15 is 0 Å². The van der Waals surface area contributed by atoms with Crippen molar-refractivity contribution >= 4 is 23.3 Å². The number of carboxylic acids is 1. The van der Waals surface area contributed by atoms with Gasteiger partial charge in [-0.25, -0.2) is 5.43 Å². The number of nitrogens with one attached hydrogen (secondary N) is 1. The highest BCUT2D eigenvalue weighted by Gasteiger charge is 2.50. The number of nitrogens with zero attached hydrogens (tertiary/aromatic N) is 2. The number of hydrazine groups is 1. The van der Waals surface area contributed by atoms with Crippen molar-refractivity contribution in [1.82, 2.24) is 10.4 Å². The van der Waals surface area contributed by atoms with E-state index in [1.807, 2.05) is 31.0 Å². The third-order valence-electron chi connectivity index (χ3n) is 5.67. The van der Waals surface area contributed by atoms with Crippen LogP contribution in [0, 0.1) is 31.6 Å². The van der Waals surface area contributed by atoms with Crippen LogP contribution in [0.25, 0.3) is 5.70 Å². The van der Waals surface area contributed by atoms with E-state index in [4.69, 9.17) is 9.73 Å². The molecule has 0 amide bonds. The lowest BCUT2D eigenvalue weighted by molar-refractivity contribution is -0.145. The van der Waals surface area contributed by atoms with Gasteiger partial charge in [-0.2, -0.15) is 0 Å². The molecule has 1 aromatic rings. The summed E-state index contributed by atoms with van der Waals surface area (Å²) in [4.78, 5) is 28.6. The molecule has 2 aliphatic heterocycles. The molecule has 1 saturated carbocycles. The van der Waals surface area contributed by atoms with Crippen LogP contribution in [0.4, 0.5) is 0 Å². The predicted octanol–water partition coefficient (Wildman–Crippen LogP) is 2.15. The van der Waals surface area contributed by atoms with Crippen LogP contribution in [0.3, 0.4) is 0 Å². The monoisotopic (exact) mass is 383 g/mol. The van der Waals surface area contributed by atoms with Crippen molar-refractivity contribution < 1.29 is 19.4 Å². The van der Waals surface area contributed by atoms with Gasteiger partial charge < -0.3 is 9.84 Å². The highest BCUT2D eigenvalue weighted by molar-refractivity contribution is 6.07. The van der Waals surface area contributed by atoms with Gasteiger partial charge in [0.25, 0.3) is 0 Å². The second-order valence-electron chi connectivity index (χ2n) is 7.69. The van der Waals surface area contributed by atoms with E-state index in [0.717, 1.165) is 22.5 Å². The number of aliphatic imine (C=N–C) groups is 1. The molecule has 4 unspecified atom stereocenters. The van der Waals surface area contributed by atoms with Crippen molar-refractivity contribution in [3.05, 3.63) is 41.0 Å². The van der Waals surface area contributed by atoms with Gasteiger partial charge >= 0.3 is 11.9 Å². The zero-order valence-electron chi connectivity index (χ0n) is 16.3. The van der Waals surface area contributed by atoms with Crippen molar-refractivity contribution in [1.29, 1.82) is 0 Å². The van der Waals surface area contributed by atoms with Crippen LogP contribution in [0.15, 0.2) is 29.3 Å². The first-order chi connectivity index (χ1) is 13.4. The van der Waals surface area contributed by atoms with Crippen LogP contribution < -0.4 is 5.43 Å². The summed E-state index contributed by atoms with van der Waals surface area (Å²) in [6, 6.07) is 6.22. The smallest absolute Gasteiger partial charge is 0.312 e. The van der Waals surface area contributed by atoms with E-state index in [0.29, 0.717) is 19.6 Å². The summed E-state index contributed by atoms with van der Waals surface area (Å²) in [6.45, 7) is 6.58. The molecule has 148 valence electrons.